The van der Waals surface area contributed by atoms with E-state index in [1.165, 1.54) is 12.8 Å². The highest BCUT2D eigenvalue weighted by molar-refractivity contribution is 5.88. The lowest BCUT2D eigenvalue weighted by atomic mass is 9.90. The van der Waals surface area contributed by atoms with Crippen molar-refractivity contribution in [2.75, 3.05) is 25.0 Å². The van der Waals surface area contributed by atoms with Crippen LogP contribution in [0.1, 0.15) is 25.7 Å². The lowest BCUT2D eigenvalue weighted by Crippen LogP contribution is -2.43. The second kappa shape index (κ2) is 7.27. The number of aromatic nitrogens is 2. The number of hydrogen-bond acceptors (Lipinski definition) is 3. The summed E-state index contributed by atoms with van der Waals surface area (Å²) in [5, 5.41) is 7.34. The van der Waals surface area contributed by atoms with E-state index in [4.69, 9.17) is 4.74 Å². The maximum atomic E-state index is 12.5. The number of carbonyl (C=O) groups is 1. The van der Waals surface area contributed by atoms with Crippen LogP contribution in [0.2, 0.25) is 0 Å². The van der Waals surface area contributed by atoms with E-state index >= 15 is 0 Å². The van der Waals surface area contributed by atoms with Gasteiger partial charge in [0.25, 0.3) is 0 Å². The van der Waals surface area contributed by atoms with E-state index in [9.17, 15) is 4.79 Å². The fourth-order valence-corrected chi connectivity index (χ4v) is 3.75. The molecule has 1 aromatic heterocycles. The molecule has 1 atom stereocenters. The number of rotatable bonds is 3. The van der Waals surface area contributed by atoms with E-state index < -0.39 is 0 Å². The molecule has 132 valence electrons. The first-order valence-electron chi connectivity index (χ1n) is 9.08. The summed E-state index contributed by atoms with van der Waals surface area (Å²) in [5.74, 6) is 1.18. The number of urea groups is 1. The van der Waals surface area contributed by atoms with Crippen molar-refractivity contribution >= 4 is 11.8 Å². The zero-order chi connectivity index (χ0) is 17.1. The number of nitrogens with one attached hydrogen (secondary N) is 1. The van der Waals surface area contributed by atoms with Gasteiger partial charge in [-0.1, -0.05) is 18.2 Å². The number of nitrogens with zero attached hydrogens (tertiary/aromatic N) is 3. The Bertz CT molecular complexity index is 701. The molecule has 4 rings (SSSR count). The maximum Gasteiger partial charge on any atom is 0.323 e. The molecule has 1 N–H and O–H groups in total. The number of para-hydroxylation sites is 1. The highest BCUT2D eigenvalue weighted by Crippen LogP contribution is 2.29. The van der Waals surface area contributed by atoms with Crippen molar-refractivity contribution in [1.82, 2.24) is 14.7 Å². The Kier molecular flexibility index (Phi) is 4.70. The maximum absolute atomic E-state index is 12.5. The smallest absolute Gasteiger partial charge is 0.323 e. The average Bonchev–Trinajstić information content (AvgIpc) is 3.35. The zero-order valence-corrected chi connectivity index (χ0v) is 14.3. The van der Waals surface area contributed by atoms with Crippen LogP contribution < -0.4 is 5.32 Å². The van der Waals surface area contributed by atoms with E-state index in [-0.39, 0.29) is 6.03 Å². The van der Waals surface area contributed by atoms with Gasteiger partial charge in [0.1, 0.15) is 0 Å². The Balaban J connectivity index is 1.31. The van der Waals surface area contributed by atoms with Crippen LogP contribution in [-0.2, 0) is 4.74 Å². The van der Waals surface area contributed by atoms with Crippen molar-refractivity contribution < 1.29 is 9.53 Å². The normalized spacial score (nSPS) is 21.4. The Morgan fingerprint density at radius 3 is 2.64 bits per heavy atom. The van der Waals surface area contributed by atoms with Gasteiger partial charge in [-0.15, -0.1) is 5.10 Å². The van der Waals surface area contributed by atoms with E-state index in [1.807, 2.05) is 47.5 Å². The minimum atomic E-state index is -0.0656. The summed E-state index contributed by atoms with van der Waals surface area (Å²) in [6.07, 6.45) is 6.66. The van der Waals surface area contributed by atoms with Gasteiger partial charge in [-0.2, -0.15) is 0 Å². The van der Waals surface area contributed by atoms with Crippen LogP contribution in [0.3, 0.4) is 0 Å². The zero-order valence-electron chi connectivity index (χ0n) is 14.3. The molecule has 0 radical (unpaired) electrons. The Morgan fingerprint density at radius 2 is 1.92 bits per heavy atom. The van der Waals surface area contributed by atoms with Gasteiger partial charge >= 0.3 is 6.03 Å². The predicted molar refractivity (Wildman–Crippen MR) is 95.9 cm³/mol. The minimum Gasteiger partial charge on any atom is -0.378 e. The molecular formula is C19H24N4O2. The van der Waals surface area contributed by atoms with Gasteiger partial charge < -0.3 is 9.64 Å². The molecule has 2 fully saturated rings. The molecule has 2 aliphatic heterocycles. The molecule has 0 unspecified atom stereocenters. The molecule has 25 heavy (non-hydrogen) atoms. The van der Waals surface area contributed by atoms with E-state index in [1.54, 1.807) is 4.68 Å². The van der Waals surface area contributed by atoms with Gasteiger partial charge in [0.2, 0.25) is 0 Å². The van der Waals surface area contributed by atoms with Crippen molar-refractivity contribution in [3.8, 4) is 5.69 Å². The Morgan fingerprint density at radius 1 is 1.12 bits per heavy atom. The highest BCUT2D eigenvalue weighted by Gasteiger charge is 2.31. The van der Waals surface area contributed by atoms with Gasteiger partial charge in [-0.05, 0) is 43.7 Å². The summed E-state index contributed by atoms with van der Waals surface area (Å²) in [6.45, 7) is 2.47. The van der Waals surface area contributed by atoms with Crippen molar-refractivity contribution in [3.63, 3.8) is 0 Å². The van der Waals surface area contributed by atoms with Gasteiger partial charge in [0.15, 0.2) is 5.82 Å². The first kappa shape index (κ1) is 16.1. The highest BCUT2D eigenvalue weighted by atomic mass is 16.5. The molecule has 2 aromatic rings. The van der Waals surface area contributed by atoms with E-state index in [0.29, 0.717) is 17.8 Å². The molecule has 3 heterocycles. The Labute approximate surface area is 147 Å². The van der Waals surface area contributed by atoms with Crippen LogP contribution in [0.5, 0.6) is 0 Å². The first-order chi connectivity index (χ1) is 12.3. The second-order valence-electron chi connectivity index (χ2n) is 6.79. The third kappa shape index (κ3) is 3.69. The molecule has 0 bridgehead atoms. The summed E-state index contributed by atoms with van der Waals surface area (Å²) in [5.41, 5.74) is 0.973. The quantitative estimate of drug-likeness (QED) is 0.933. The number of hydrogen-bond donors (Lipinski definition) is 1. The molecule has 0 spiro atoms. The summed E-state index contributed by atoms with van der Waals surface area (Å²) < 4.78 is 7.56. The van der Waals surface area contributed by atoms with Crippen LogP contribution in [0, 0.1) is 5.92 Å². The van der Waals surface area contributed by atoms with Crippen molar-refractivity contribution in [3.05, 3.63) is 42.6 Å². The number of carbonyl (C=O) groups excluding carboxylic acids is 1. The van der Waals surface area contributed by atoms with Gasteiger partial charge in [0, 0.05) is 32.0 Å². The number of ether oxygens (including phenoxy) is 1. The largest absolute Gasteiger partial charge is 0.378 e. The fraction of sp³-hybridized carbons (Fsp3) is 0.474. The van der Waals surface area contributed by atoms with Crippen LogP contribution in [0.15, 0.2) is 42.6 Å². The number of amides is 2. The molecular weight excluding hydrogens is 316 g/mol. The number of benzene rings is 1. The molecule has 2 amide bonds. The van der Waals surface area contributed by atoms with Crippen LogP contribution in [0.4, 0.5) is 10.6 Å². The Hall–Kier alpha value is -2.34. The average molecular weight is 340 g/mol. The lowest BCUT2D eigenvalue weighted by Gasteiger charge is -2.34. The van der Waals surface area contributed by atoms with Crippen LogP contribution in [-0.4, -0.2) is 46.5 Å². The van der Waals surface area contributed by atoms with Crippen molar-refractivity contribution in [2.24, 2.45) is 5.92 Å². The summed E-state index contributed by atoms with van der Waals surface area (Å²) >= 11 is 0. The topological polar surface area (TPSA) is 59.4 Å². The number of piperidine rings is 1. The monoisotopic (exact) mass is 340 g/mol. The summed E-state index contributed by atoms with van der Waals surface area (Å²) in [4.78, 5) is 14.4. The van der Waals surface area contributed by atoms with Gasteiger partial charge in [-0.3, -0.25) is 5.32 Å². The molecule has 1 aromatic carbocycles. The summed E-state index contributed by atoms with van der Waals surface area (Å²) in [7, 11) is 0. The van der Waals surface area contributed by atoms with E-state index in [0.717, 1.165) is 38.2 Å². The van der Waals surface area contributed by atoms with Crippen molar-refractivity contribution in [1.29, 1.82) is 0 Å². The third-order valence-corrected chi connectivity index (χ3v) is 5.16. The van der Waals surface area contributed by atoms with Crippen LogP contribution >= 0.6 is 0 Å². The number of likely N-dealkylation sites (tertiary alicyclic amines) is 1. The third-order valence-electron chi connectivity index (χ3n) is 5.16. The second-order valence-corrected chi connectivity index (χ2v) is 6.79. The van der Waals surface area contributed by atoms with E-state index in [2.05, 4.69) is 10.4 Å². The SMILES string of the molecule is O=C(Nc1ccn(-c2ccccc2)n1)N1CCC([C@@H]2CCCO2)CC1. The molecule has 2 saturated heterocycles. The minimum absolute atomic E-state index is 0.0656. The predicted octanol–water partition coefficient (Wildman–Crippen LogP) is 3.30. The van der Waals surface area contributed by atoms with Crippen LogP contribution in [0.25, 0.3) is 5.69 Å². The molecule has 6 heteroatoms. The standard InChI is InChI=1S/C19H24N4O2/c24-19(22-11-8-15(9-12-22)17-7-4-14-25-17)20-18-10-13-23(21-18)16-5-2-1-3-6-16/h1-3,5-6,10,13,15,17H,4,7-9,11-12,14H2,(H,20,21,24)/t17-/m0/s1. The first-order valence-corrected chi connectivity index (χ1v) is 9.08. The molecule has 2 aliphatic rings. The van der Waals surface area contributed by atoms with Crippen molar-refractivity contribution in [2.45, 2.75) is 31.8 Å². The lowest BCUT2D eigenvalue weighted by molar-refractivity contribution is 0.0382. The summed E-state index contributed by atoms with van der Waals surface area (Å²) in [6, 6.07) is 11.6. The van der Waals surface area contributed by atoms with Gasteiger partial charge in [0.05, 0.1) is 11.8 Å². The number of anilines is 1. The molecule has 0 saturated carbocycles. The van der Waals surface area contributed by atoms with Gasteiger partial charge in [-0.25, -0.2) is 9.48 Å². The fourth-order valence-electron chi connectivity index (χ4n) is 3.75. The molecule has 6 nitrogen and oxygen atoms in total. The molecule has 0 aliphatic carbocycles.